The highest BCUT2D eigenvalue weighted by atomic mass is 35.7. The lowest BCUT2D eigenvalue weighted by atomic mass is 10.2. The fourth-order valence-corrected chi connectivity index (χ4v) is 2.10. The van der Waals surface area contributed by atoms with Crippen LogP contribution in [-0.4, -0.2) is 0 Å². The van der Waals surface area contributed by atoms with Gasteiger partial charge in [0.2, 0.25) is 0 Å². The number of hydrogen-bond acceptors (Lipinski definition) is 2. The van der Waals surface area contributed by atoms with E-state index in [1.54, 1.807) is 0 Å². The van der Waals surface area contributed by atoms with Gasteiger partial charge in [-0.1, -0.05) is 18.7 Å². The maximum absolute atomic E-state index is 5.70. The second-order valence-electron chi connectivity index (χ2n) is 2.31. The zero-order valence-electron chi connectivity index (χ0n) is 6.16. The molecular formula is C8H6ClO2P. The standard InChI is InChI=1S/C8H6ClO2P/c1-6-7-4-2-3-5-8(7)11-12(9)10-6/h2-5H,1H2. The third-order valence-electron chi connectivity index (χ3n) is 1.54. The van der Waals surface area contributed by atoms with E-state index in [9.17, 15) is 0 Å². The maximum atomic E-state index is 5.70. The average Bonchev–Trinajstić information content (AvgIpc) is 2.04. The normalized spacial score (nSPS) is 20.8. The second-order valence-corrected chi connectivity index (χ2v) is 3.93. The third kappa shape index (κ3) is 1.28. The molecule has 0 saturated carbocycles. The van der Waals surface area contributed by atoms with Gasteiger partial charge < -0.3 is 9.05 Å². The number of hydrogen-bond donors (Lipinski definition) is 0. The summed E-state index contributed by atoms with van der Waals surface area (Å²) in [5.74, 6) is 1.33. The summed E-state index contributed by atoms with van der Waals surface area (Å²) in [5.41, 5.74) is 0.872. The summed E-state index contributed by atoms with van der Waals surface area (Å²) in [4.78, 5) is 0. The van der Waals surface area contributed by atoms with Crippen LogP contribution in [0.5, 0.6) is 5.75 Å². The fraction of sp³-hybridized carbons (Fsp3) is 0. The Bertz CT molecular complexity index is 327. The molecule has 0 fully saturated rings. The summed E-state index contributed by atoms with van der Waals surface area (Å²) in [5, 5.41) is 0. The molecule has 1 aromatic carbocycles. The van der Waals surface area contributed by atoms with Gasteiger partial charge in [-0.05, 0) is 23.4 Å². The summed E-state index contributed by atoms with van der Waals surface area (Å²) in [6.45, 7) is 3.74. The van der Waals surface area contributed by atoms with Crippen molar-refractivity contribution in [1.82, 2.24) is 0 Å². The molecule has 0 amide bonds. The number of halogens is 1. The molecule has 1 aliphatic heterocycles. The Morgan fingerprint density at radius 2 is 2.00 bits per heavy atom. The molecule has 4 heteroatoms. The van der Waals surface area contributed by atoms with Gasteiger partial charge in [-0.25, -0.2) is 0 Å². The first kappa shape index (κ1) is 7.90. The molecule has 0 radical (unpaired) electrons. The van der Waals surface area contributed by atoms with Crippen LogP contribution in [0.3, 0.4) is 0 Å². The Labute approximate surface area is 76.5 Å². The van der Waals surface area contributed by atoms with Crippen LogP contribution >= 0.6 is 19.0 Å². The minimum Gasteiger partial charge on any atom is -0.427 e. The molecule has 62 valence electrons. The zero-order chi connectivity index (χ0) is 8.55. The van der Waals surface area contributed by atoms with E-state index in [1.165, 1.54) is 0 Å². The van der Waals surface area contributed by atoms with E-state index in [4.69, 9.17) is 20.3 Å². The van der Waals surface area contributed by atoms with E-state index in [2.05, 4.69) is 6.58 Å². The number of fused-ring (bicyclic) bond motifs is 1. The fourth-order valence-electron chi connectivity index (χ4n) is 1.01. The molecule has 1 aromatic rings. The van der Waals surface area contributed by atoms with Crippen molar-refractivity contribution >= 4 is 24.7 Å². The van der Waals surface area contributed by atoms with E-state index >= 15 is 0 Å². The molecule has 2 rings (SSSR count). The van der Waals surface area contributed by atoms with Gasteiger partial charge in [0.25, 0.3) is 0 Å². The van der Waals surface area contributed by atoms with Crippen molar-refractivity contribution in [1.29, 1.82) is 0 Å². The minimum absolute atomic E-state index is 0.581. The summed E-state index contributed by atoms with van der Waals surface area (Å²) in [6.07, 6.45) is 0. The first-order chi connectivity index (χ1) is 5.77. The smallest absolute Gasteiger partial charge is 0.401 e. The summed E-state index contributed by atoms with van der Waals surface area (Å²) < 4.78 is 10.4. The van der Waals surface area contributed by atoms with Gasteiger partial charge in [0.05, 0.1) is 5.56 Å². The first-order valence-corrected chi connectivity index (χ1v) is 5.46. The predicted molar refractivity (Wildman–Crippen MR) is 50.0 cm³/mol. The molecule has 1 aliphatic rings. The molecule has 0 aromatic heterocycles. The predicted octanol–water partition coefficient (Wildman–Crippen LogP) is 3.53. The number of rotatable bonds is 0. The molecule has 2 nitrogen and oxygen atoms in total. The molecule has 0 saturated heterocycles. The maximum Gasteiger partial charge on any atom is 0.401 e. The lowest BCUT2D eigenvalue weighted by Gasteiger charge is -2.21. The number of benzene rings is 1. The molecule has 0 bridgehead atoms. The Morgan fingerprint density at radius 3 is 2.83 bits per heavy atom. The van der Waals surface area contributed by atoms with Gasteiger partial charge in [0.15, 0.2) is 0 Å². The summed E-state index contributed by atoms with van der Waals surface area (Å²) in [7, 11) is -1.34. The average molecular weight is 201 g/mol. The molecule has 12 heavy (non-hydrogen) atoms. The number of para-hydroxylation sites is 1. The SMILES string of the molecule is C=C1OP(Cl)Oc2ccccc21. The lowest BCUT2D eigenvalue weighted by Crippen LogP contribution is -1.98. The van der Waals surface area contributed by atoms with Gasteiger partial charge in [-0.3, -0.25) is 0 Å². The van der Waals surface area contributed by atoms with E-state index in [0.717, 1.165) is 11.3 Å². The Balaban J connectivity index is 2.47. The molecular weight excluding hydrogens is 195 g/mol. The zero-order valence-corrected chi connectivity index (χ0v) is 7.81. The van der Waals surface area contributed by atoms with Gasteiger partial charge in [-0.2, -0.15) is 0 Å². The Morgan fingerprint density at radius 1 is 1.25 bits per heavy atom. The lowest BCUT2D eigenvalue weighted by molar-refractivity contribution is 0.458. The van der Waals surface area contributed by atoms with Crippen LogP contribution in [0.2, 0.25) is 0 Å². The van der Waals surface area contributed by atoms with Crippen LogP contribution < -0.4 is 4.52 Å². The van der Waals surface area contributed by atoms with Crippen LogP contribution in [0, 0.1) is 0 Å². The Kier molecular flexibility index (Phi) is 1.95. The minimum atomic E-state index is -1.34. The van der Waals surface area contributed by atoms with Crippen molar-refractivity contribution in [2.45, 2.75) is 0 Å². The van der Waals surface area contributed by atoms with Crippen molar-refractivity contribution in [3.63, 3.8) is 0 Å². The quantitative estimate of drug-likeness (QED) is 0.597. The molecule has 0 N–H and O–H groups in total. The van der Waals surface area contributed by atoms with E-state index in [0.29, 0.717) is 5.76 Å². The highest BCUT2D eigenvalue weighted by molar-refractivity contribution is 7.76. The van der Waals surface area contributed by atoms with E-state index < -0.39 is 7.73 Å². The van der Waals surface area contributed by atoms with Crippen molar-refractivity contribution < 1.29 is 9.05 Å². The van der Waals surface area contributed by atoms with Gasteiger partial charge in [0.1, 0.15) is 11.5 Å². The highest BCUT2D eigenvalue weighted by Crippen LogP contribution is 2.53. The Hall–Kier alpha value is -0.720. The van der Waals surface area contributed by atoms with Crippen molar-refractivity contribution in [2.75, 3.05) is 0 Å². The van der Waals surface area contributed by atoms with Gasteiger partial charge in [-0.15, -0.1) is 0 Å². The molecule has 1 heterocycles. The van der Waals surface area contributed by atoms with Crippen molar-refractivity contribution in [3.8, 4) is 5.75 Å². The van der Waals surface area contributed by atoms with Crippen LogP contribution in [0.4, 0.5) is 0 Å². The van der Waals surface area contributed by atoms with Crippen LogP contribution in [0.25, 0.3) is 5.76 Å². The highest BCUT2D eigenvalue weighted by Gasteiger charge is 2.22. The first-order valence-electron chi connectivity index (χ1n) is 3.37. The summed E-state index contributed by atoms with van der Waals surface area (Å²) in [6, 6.07) is 7.52. The van der Waals surface area contributed by atoms with Gasteiger partial charge >= 0.3 is 7.73 Å². The third-order valence-corrected chi connectivity index (χ3v) is 2.66. The summed E-state index contributed by atoms with van der Waals surface area (Å²) >= 11 is 5.70. The van der Waals surface area contributed by atoms with Crippen LogP contribution in [0.15, 0.2) is 30.8 Å². The topological polar surface area (TPSA) is 18.5 Å². The monoisotopic (exact) mass is 200 g/mol. The van der Waals surface area contributed by atoms with E-state index in [-0.39, 0.29) is 0 Å². The van der Waals surface area contributed by atoms with Crippen LogP contribution in [-0.2, 0) is 4.52 Å². The molecule has 1 atom stereocenters. The van der Waals surface area contributed by atoms with Crippen LogP contribution in [0.1, 0.15) is 5.56 Å². The van der Waals surface area contributed by atoms with Crippen molar-refractivity contribution in [2.24, 2.45) is 0 Å². The molecule has 0 aliphatic carbocycles. The van der Waals surface area contributed by atoms with E-state index in [1.807, 2.05) is 24.3 Å². The van der Waals surface area contributed by atoms with Gasteiger partial charge in [0, 0.05) is 0 Å². The second kappa shape index (κ2) is 2.96. The molecule has 1 unspecified atom stereocenters. The molecule has 0 spiro atoms. The largest absolute Gasteiger partial charge is 0.427 e. The van der Waals surface area contributed by atoms with Crippen molar-refractivity contribution in [3.05, 3.63) is 36.4 Å².